The van der Waals surface area contributed by atoms with Gasteiger partial charge in [0.2, 0.25) is 0 Å². The zero-order valence-corrected chi connectivity index (χ0v) is 4.84. The maximum absolute atomic E-state index is 10.5. The smallest absolute Gasteiger partial charge is 0.290 e. The number of aromatic nitrogens is 2. The quantitative estimate of drug-likeness (QED) is 0.467. The molecule has 6 heteroatoms. The van der Waals surface area contributed by atoms with Crippen molar-refractivity contribution in [2.75, 3.05) is 0 Å². The topological polar surface area (TPSA) is 102 Å². The maximum Gasteiger partial charge on any atom is 0.327 e. The summed E-state index contributed by atoms with van der Waals surface area (Å²) >= 11 is 0. The van der Waals surface area contributed by atoms with Crippen LogP contribution in [0.2, 0.25) is 0 Å². The van der Waals surface area contributed by atoms with E-state index >= 15 is 0 Å². The van der Waals surface area contributed by atoms with Crippen molar-refractivity contribution < 1.29 is 0 Å². The lowest BCUT2D eigenvalue weighted by Crippen LogP contribution is -2.19. The van der Waals surface area contributed by atoms with E-state index in [4.69, 9.17) is 5.53 Å². The van der Waals surface area contributed by atoms with E-state index in [-0.39, 0.29) is 5.82 Å². The molecular weight excluding hydrogens is 136 g/mol. The van der Waals surface area contributed by atoms with Crippen molar-refractivity contribution in [3.8, 4) is 0 Å². The average Bonchev–Trinajstić information content (AvgIpc) is 1.85. The van der Waals surface area contributed by atoms with Gasteiger partial charge in [0.05, 0.1) is 0 Å². The molecule has 1 aromatic rings. The lowest BCUT2D eigenvalue weighted by Gasteiger charge is -1.85. The van der Waals surface area contributed by atoms with E-state index in [0.717, 1.165) is 6.07 Å². The Morgan fingerprint density at radius 1 is 1.40 bits per heavy atom. The fraction of sp³-hybridized carbons (Fsp3) is 0. The van der Waals surface area contributed by atoms with Crippen LogP contribution in [0.15, 0.2) is 20.8 Å². The van der Waals surface area contributed by atoms with Gasteiger partial charge in [-0.2, -0.15) is 0 Å². The van der Waals surface area contributed by atoms with Gasteiger partial charge in [-0.15, -0.1) is 5.11 Å². The minimum Gasteiger partial charge on any atom is -0.290 e. The van der Waals surface area contributed by atoms with Crippen LogP contribution in [0.1, 0.15) is 0 Å². The van der Waals surface area contributed by atoms with Gasteiger partial charge in [-0.3, -0.25) is 14.8 Å². The van der Waals surface area contributed by atoms with E-state index < -0.39 is 11.2 Å². The minimum atomic E-state index is -0.654. The van der Waals surface area contributed by atoms with E-state index in [9.17, 15) is 9.59 Å². The molecule has 0 saturated carbocycles. The van der Waals surface area contributed by atoms with Crippen molar-refractivity contribution in [3.63, 3.8) is 0 Å². The van der Waals surface area contributed by atoms with E-state index in [1.54, 1.807) is 0 Å². The molecule has 10 heavy (non-hydrogen) atoms. The van der Waals surface area contributed by atoms with Gasteiger partial charge >= 0.3 is 5.69 Å². The molecule has 0 spiro atoms. The second-order valence-electron chi connectivity index (χ2n) is 1.58. The van der Waals surface area contributed by atoms with Crippen molar-refractivity contribution in [1.82, 2.24) is 9.97 Å². The lowest BCUT2D eigenvalue weighted by molar-refractivity contribution is 0.990. The summed E-state index contributed by atoms with van der Waals surface area (Å²) in [5.41, 5.74) is 5.22. The molecule has 1 aromatic heterocycles. The molecule has 0 aliphatic heterocycles. The van der Waals surface area contributed by atoms with Crippen LogP contribution in [0.3, 0.4) is 0 Å². The summed E-state index contributed by atoms with van der Waals surface area (Å²) in [4.78, 5) is 24.9. The summed E-state index contributed by atoms with van der Waals surface area (Å²) in [7, 11) is 0. The summed E-state index contributed by atoms with van der Waals surface area (Å²) in [6, 6.07) is 1.02. The highest BCUT2D eigenvalue weighted by molar-refractivity contribution is 5.20. The largest absolute Gasteiger partial charge is 0.327 e. The SMILES string of the molecule is N=Nc1cc(=O)[nH]c(=O)[nH]1. The van der Waals surface area contributed by atoms with Crippen molar-refractivity contribution in [2.24, 2.45) is 5.11 Å². The van der Waals surface area contributed by atoms with Crippen LogP contribution in [0, 0.1) is 5.53 Å². The Morgan fingerprint density at radius 2 is 2.10 bits per heavy atom. The molecule has 0 saturated heterocycles. The molecule has 0 unspecified atom stereocenters. The predicted octanol–water partition coefficient (Wildman–Crippen LogP) is -0.274. The van der Waals surface area contributed by atoms with E-state index in [2.05, 4.69) is 10.1 Å². The number of hydrogen-bond acceptors (Lipinski definition) is 4. The molecule has 0 radical (unpaired) electrons. The summed E-state index contributed by atoms with van der Waals surface area (Å²) in [6.07, 6.45) is 0. The first kappa shape index (κ1) is 6.40. The summed E-state index contributed by atoms with van der Waals surface area (Å²) < 4.78 is 0. The monoisotopic (exact) mass is 140 g/mol. The number of nitrogens with zero attached hydrogens (tertiary/aromatic N) is 1. The highest BCUT2D eigenvalue weighted by atomic mass is 16.2. The second kappa shape index (κ2) is 2.26. The van der Waals surface area contributed by atoms with Crippen molar-refractivity contribution in [2.45, 2.75) is 0 Å². The van der Waals surface area contributed by atoms with Gasteiger partial charge in [0.25, 0.3) is 5.56 Å². The summed E-state index contributed by atoms with van der Waals surface area (Å²) in [5.74, 6) is -0.0475. The number of nitrogens with one attached hydrogen (secondary N) is 3. The fourth-order valence-electron chi connectivity index (χ4n) is 0.516. The molecule has 52 valence electrons. The Morgan fingerprint density at radius 3 is 2.60 bits per heavy atom. The maximum atomic E-state index is 10.5. The number of H-pyrrole nitrogens is 2. The van der Waals surface area contributed by atoms with Crippen molar-refractivity contribution in [1.29, 1.82) is 5.53 Å². The molecule has 1 heterocycles. The third-order valence-corrected chi connectivity index (χ3v) is 0.867. The zero-order chi connectivity index (χ0) is 7.56. The standard InChI is InChI=1S/C4H4N4O2/c5-8-2-1-3(9)7-4(10)6-2/h1,5H,(H2,6,7,9,10). The molecule has 0 aliphatic carbocycles. The van der Waals surface area contributed by atoms with Gasteiger partial charge in [-0.25, -0.2) is 10.3 Å². The van der Waals surface area contributed by atoms with Crippen LogP contribution in [0.5, 0.6) is 0 Å². The minimum absolute atomic E-state index is 0.0475. The molecular formula is C4H4N4O2. The van der Waals surface area contributed by atoms with Crippen LogP contribution in [-0.4, -0.2) is 9.97 Å². The first-order chi connectivity index (χ1) is 4.72. The second-order valence-corrected chi connectivity index (χ2v) is 1.58. The highest BCUT2D eigenvalue weighted by Gasteiger charge is 1.90. The van der Waals surface area contributed by atoms with E-state index in [0.29, 0.717) is 0 Å². The molecule has 3 N–H and O–H groups in total. The predicted molar refractivity (Wildman–Crippen MR) is 32.5 cm³/mol. The molecule has 6 nitrogen and oxygen atoms in total. The molecule has 0 aromatic carbocycles. The van der Waals surface area contributed by atoms with E-state index in [1.165, 1.54) is 0 Å². The van der Waals surface area contributed by atoms with Gasteiger partial charge in [0.1, 0.15) is 0 Å². The number of rotatable bonds is 1. The van der Waals surface area contributed by atoms with Gasteiger partial charge in [0.15, 0.2) is 5.82 Å². The third-order valence-electron chi connectivity index (χ3n) is 0.867. The molecule has 0 aliphatic rings. The Labute approximate surface area is 54.4 Å². The average molecular weight is 140 g/mol. The lowest BCUT2D eigenvalue weighted by atomic mass is 10.6. The normalized spacial score (nSPS) is 9.20. The van der Waals surface area contributed by atoms with E-state index in [1.807, 2.05) is 4.98 Å². The molecule has 0 fully saturated rings. The summed E-state index contributed by atoms with van der Waals surface area (Å²) in [6.45, 7) is 0. The van der Waals surface area contributed by atoms with Crippen LogP contribution < -0.4 is 11.2 Å². The number of hydrogen-bond donors (Lipinski definition) is 3. The molecule has 0 bridgehead atoms. The van der Waals surface area contributed by atoms with Gasteiger partial charge in [-0.05, 0) is 0 Å². The Hall–Kier alpha value is -1.72. The Kier molecular flexibility index (Phi) is 1.44. The van der Waals surface area contributed by atoms with Gasteiger partial charge < -0.3 is 0 Å². The van der Waals surface area contributed by atoms with Gasteiger partial charge in [-0.1, -0.05) is 0 Å². The highest BCUT2D eigenvalue weighted by Crippen LogP contribution is 1.95. The first-order valence-corrected chi connectivity index (χ1v) is 2.43. The molecule has 1 rings (SSSR count). The molecule has 0 atom stereocenters. The number of aromatic amines is 2. The summed E-state index contributed by atoms with van der Waals surface area (Å²) in [5, 5.41) is 2.87. The van der Waals surface area contributed by atoms with Crippen LogP contribution >= 0.6 is 0 Å². The van der Waals surface area contributed by atoms with Crippen LogP contribution in [0.4, 0.5) is 5.82 Å². The Bertz CT molecular complexity index is 321. The molecule has 0 amide bonds. The van der Waals surface area contributed by atoms with Gasteiger partial charge in [0, 0.05) is 6.07 Å². The Balaban J connectivity index is 3.46. The van der Waals surface area contributed by atoms with Crippen LogP contribution in [-0.2, 0) is 0 Å². The fourth-order valence-corrected chi connectivity index (χ4v) is 0.516. The van der Waals surface area contributed by atoms with Crippen LogP contribution in [0.25, 0.3) is 0 Å². The van der Waals surface area contributed by atoms with Crippen molar-refractivity contribution in [3.05, 3.63) is 26.9 Å². The zero-order valence-electron chi connectivity index (χ0n) is 4.84. The first-order valence-electron chi connectivity index (χ1n) is 2.43. The third kappa shape index (κ3) is 1.16. The van der Waals surface area contributed by atoms with Crippen molar-refractivity contribution >= 4 is 5.82 Å².